The molecule has 1 unspecified atom stereocenters. The van der Waals surface area contributed by atoms with Gasteiger partial charge in [0.2, 0.25) is 11.8 Å². The lowest BCUT2D eigenvalue weighted by Gasteiger charge is -2.13. The zero-order valence-electron chi connectivity index (χ0n) is 11.1. The molecule has 0 saturated heterocycles. The fraction of sp³-hybridized carbons (Fsp3) is 0.692. The van der Waals surface area contributed by atoms with Gasteiger partial charge in [-0.25, -0.2) is 4.98 Å². The summed E-state index contributed by atoms with van der Waals surface area (Å²) < 4.78 is 5.06. The monoisotopic (exact) mass is 237 g/mol. The minimum atomic E-state index is 0.402. The van der Waals surface area contributed by atoms with Crippen molar-refractivity contribution in [1.29, 1.82) is 0 Å². The van der Waals surface area contributed by atoms with Crippen molar-refractivity contribution in [3.63, 3.8) is 0 Å². The van der Waals surface area contributed by atoms with Gasteiger partial charge in [-0.05, 0) is 13.3 Å². The number of unbranched alkanes of at least 4 members (excludes halogenated alkanes) is 3. The van der Waals surface area contributed by atoms with Crippen molar-refractivity contribution in [2.45, 2.75) is 52.0 Å². The fourth-order valence-electron chi connectivity index (χ4n) is 1.70. The van der Waals surface area contributed by atoms with Crippen molar-refractivity contribution in [3.8, 4) is 5.88 Å². The van der Waals surface area contributed by atoms with Crippen molar-refractivity contribution in [2.24, 2.45) is 0 Å². The number of hydrogen-bond acceptors (Lipinski definition) is 4. The van der Waals surface area contributed by atoms with Crippen LogP contribution in [0.25, 0.3) is 0 Å². The molecule has 0 aliphatic heterocycles. The third-order valence-corrected chi connectivity index (χ3v) is 2.71. The van der Waals surface area contributed by atoms with Gasteiger partial charge < -0.3 is 10.1 Å². The summed E-state index contributed by atoms with van der Waals surface area (Å²) in [6, 6.07) is 2.15. The van der Waals surface area contributed by atoms with E-state index in [2.05, 4.69) is 29.1 Å². The smallest absolute Gasteiger partial charge is 0.226 e. The van der Waals surface area contributed by atoms with E-state index in [1.54, 1.807) is 19.4 Å². The van der Waals surface area contributed by atoms with Gasteiger partial charge in [0.15, 0.2) is 0 Å². The molecular formula is C13H23N3O. The first kappa shape index (κ1) is 13.7. The molecular weight excluding hydrogens is 214 g/mol. The Balaban J connectivity index is 2.31. The highest BCUT2D eigenvalue weighted by Gasteiger charge is 2.04. The van der Waals surface area contributed by atoms with Crippen LogP contribution in [0.1, 0.15) is 46.0 Å². The van der Waals surface area contributed by atoms with Crippen LogP contribution >= 0.6 is 0 Å². The molecule has 96 valence electrons. The maximum Gasteiger partial charge on any atom is 0.226 e. The number of rotatable bonds is 8. The van der Waals surface area contributed by atoms with Crippen molar-refractivity contribution >= 4 is 5.95 Å². The Kier molecular flexibility index (Phi) is 6.37. The maximum absolute atomic E-state index is 5.06. The van der Waals surface area contributed by atoms with Gasteiger partial charge >= 0.3 is 0 Å². The average molecular weight is 237 g/mol. The zero-order valence-corrected chi connectivity index (χ0v) is 11.1. The second kappa shape index (κ2) is 7.87. The molecule has 4 nitrogen and oxygen atoms in total. The molecule has 17 heavy (non-hydrogen) atoms. The molecule has 0 aromatic carbocycles. The first-order chi connectivity index (χ1) is 8.26. The minimum absolute atomic E-state index is 0.402. The normalized spacial score (nSPS) is 12.2. The van der Waals surface area contributed by atoms with Crippen LogP contribution in [0.2, 0.25) is 0 Å². The predicted molar refractivity (Wildman–Crippen MR) is 70.4 cm³/mol. The van der Waals surface area contributed by atoms with Gasteiger partial charge in [-0.2, -0.15) is 4.98 Å². The highest BCUT2D eigenvalue weighted by molar-refractivity contribution is 5.28. The SMILES string of the molecule is CCCCCCC(C)Nc1nccc(OC)n1. The number of nitrogens with zero attached hydrogens (tertiary/aromatic N) is 2. The summed E-state index contributed by atoms with van der Waals surface area (Å²) >= 11 is 0. The van der Waals surface area contributed by atoms with Crippen LogP contribution in [0.5, 0.6) is 5.88 Å². The average Bonchev–Trinajstić information content (AvgIpc) is 2.35. The largest absolute Gasteiger partial charge is 0.481 e. The summed E-state index contributed by atoms with van der Waals surface area (Å²) in [6.07, 6.45) is 8.02. The van der Waals surface area contributed by atoms with Gasteiger partial charge in [0.05, 0.1) is 7.11 Å². The summed E-state index contributed by atoms with van der Waals surface area (Å²) in [6.45, 7) is 4.39. The molecule has 1 aromatic heterocycles. The Bertz CT molecular complexity index is 317. The van der Waals surface area contributed by atoms with Gasteiger partial charge in [0.25, 0.3) is 0 Å². The van der Waals surface area contributed by atoms with E-state index in [0.717, 1.165) is 6.42 Å². The van der Waals surface area contributed by atoms with E-state index in [0.29, 0.717) is 17.9 Å². The van der Waals surface area contributed by atoms with E-state index in [1.165, 1.54) is 25.7 Å². The van der Waals surface area contributed by atoms with Gasteiger partial charge in [-0.15, -0.1) is 0 Å². The molecule has 1 aromatic rings. The number of methoxy groups -OCH3 is 1. The maximum atomic E-state index is 5.06. The summed E-state index contributed by atoms with van der Waals surface area (Å²) in [5.41, 5.74) is 0. The molecule has 1 atom stereocenters. The van der Waals surface area contributed by atoms with Crippen LogP contribution in [0.3, 0.4) is 0 Å². The van der Waals surface area contributed by atoms with Crippen molar-refractivity contribution in [1.82, 2.24) is 9.97 Å². The summed E-state index contributed by atoms with van der Waals surface area (Å²) in [5.74, 6) is 1.24. The molecule has 0 spiro atoms. The Morgan fingerprint density at radius 2 is 2.18 bits per heavy atom. The molecule has 0 radical (unpaired) electrons. The molecule has 1 N–H and O–H groups in total. The number of anilines is 1. The molecule has 1 heterocycles. The van der Waals surface area contributed by atoms with E-state index in [9.17, 15) is 0 Å². The molecule has 0 amide bonds. The highest BCUT2D eigenvalue weighted by Crippen LogP contribution is 2.11. The van der Waals surface area contributed by atoms with Crippen molar-refractivity contribution < 1.29 is 4.74 Å². The lowest BCUT2D eigenvalue weighted by Crippen LogP contribution is -2.16. The first-order valence-corrected chi connectivity index (χ1v) is 6.39. The second-order valence-corrected chi connectivity index (χ2v) is 4.32. The zero-order chi connectivity index (χ0) is 12.5. The minimum Gasteiger partial charge on any atom is -0.481 e. The molecule has 1 rings (SSSR count). The first-order valence-electron chi connectivity index (χ1n) is 6.39. The van der Waals surface area contributed by atoms with Crippen molar-refractivity contribution in [3.05, 3.63) is 12.3 Å². The predicted octanol–water partition coefficient (Wildman–Crippen LogP) is 3.26. The third kappa shape index (κ3) is 5.52. The Labute approximate surface area is 104 Å². The molecule has 0 bridgehead atoms. The molecule has 0 saturated carbocycles. The number of hydrogen-bond donors (Lipinski definition) is 1. The Morgan fingerprint density at radius 1 is 1.35 bits per heavy atom. The van der Waals surface area contributed by atoms with E-state index in [-0.39, 0.29) is 0 Å². The van der Waals surface area contributed by atoms with E-state index in [1.807, 2.05) is 0 Å². The highest BCUT2D eigenvalue weighted by atomic mass is 16.5. The van der Waals surface area contributed by atoms with Crippen LogP contribution in [-0.2, 0) is 0 Å². The summed E-state index contributed by atoms with van der Waals surface area (Å²) in [7, 11) is 1.61. The quantitative estimate of drug-likeness (QED) is 0.705. The number of nitrogens with one attached hydrogen (secondary N) is 1. The molecule has 4 heteroatoms. The number of ether oxygens (including phenoxy) is 1. The summed E-state index contributed by atoms with van der Waals surface area (Å²) in [5, 5.41) is 3.29. The lowest BCUT2D eigenvalue weighted by atomic mass is 10.1. The van der Waals surface area contributed by atoms with Gasteiger partial charge in [0, 0.05) is 18.3 Å². The fourth-order valence-corrected chi connectivity index (χ4v) is 1.70. The van der Waals surface area contributed by atoms with E-state index < -0.39 is 0 Å². The number of aromatic nitrogens is 2. The van der Waals surface area contributed by atoms with Gasteiger partial charge in [0.1, 0.15) is 0 Å². The molecule has 0 fully saturated rings. The van der Waals surface area contributed by atoms with Crippen LogP contribution in [0.4, 0.5) is 5.95 Å². The summed E-state index contributed by atoms with van der Waals surface area (Å²) in [4.78, 5) is 8.40. The van der Waals surface area contributed by atoms with Crippen LogP contribution in [-0.4, -0.2) is 23.1 Å². The Hall–Kier alpha value is -1.32. The van der Waals surface area contributed by atoms with Crippen LogP contribution in [0.15, 0.2) is 12.3 Å². The van der Waals surface area contributed by atoms with Gasteiger partial charge in [-0.1, -0.05) is 32.6 Å². The standard InChI is InChI=1S/C13H23N3O/c1-4-5-6-7-8-11(2)15-13-14-10-9-12(16-13)17-3/h9-11H,4-8H2,1-3H3,(H,14,15,16). The Morgan fingerprint density at radius 3 is 2.88 bits per heavy atom. The topological polar surface area (TPSA) is 47.0 Å². The van der Waals surface area contributed by atoms with Gasteiger partial charge in [-0.3, -0.25) is 0 Å². The second-order valence-electron chi connectivity index (χ2n) is 4.32. The van der Waals surface area contributed by atoms with Crippen LogP contribution < -0.4 is 10.1 Å². The lowest BCUT2D eigenvalue weighted by molar-refractivity contribution is 0.397. The third-order valence-electron chi connectivity index (χ3n) is 2.71. The van der Waals surface area contributed by atoms with Crippen molar-refractivity contribution in [2.75, 3.05) is 12.4 Å². The molecule has 0 aliphatic rings. The van der Waals surface area contributed by atoms with E-state index in [4.69, 9.17) is 4.74 Å². The molecule has 0 aliphatic carbocycles. The van der Waals surface area contributed by atoms with Crippen LogP contribution in [0, 0.1) is 0 Å². The van der Waals surface area contributed by atoms with E-state index >= 15 is 0 Å².